The summed E-state index contributed by atoms with van der Waals surface area (Å²) in [6, 6.07) is 8.04. The largest absolute Gasteiger partial charge is 0.317 e. The van der Waals surface area contributed by atoms with Crippen LogP contribution in [-0.4, -0.2) is 18.8 Å². The van der Waals surface area contributed by atoms with Crippen LogP contribution in [0, 0.1) is 5.92 Å². The van der Waals surface area contributed by atoms with Gasteiger partial charge in [0.2, 0.25) is 0 Å². The average molecular weight is 244 g/mol. The molecule has 84 valence electrons. The van der Waals surface area contributed by atoms with Gasteiger partial charge in [0.25, 0.3) is 0 Å². The molecule has 1 nitrogen and oxygen atoms in total. The van der Waals surface area contributed by atoms with E-state index in [0.29, 0.717) is 5.92 Å². The lowest BCUT2D eigenvalue weighted by Gasteiger charge is -2.11. The molecule has 1 rings (SSSR count). The topological polar surface area (TPSA) is 12.0 Å². The van der Waals surface area contributed by atoms with Gasteiger partial charge in [-0.2, -0.15) is 0 Å². The van der Waals surface area contributed by atoms with Crippen molar-refractivity contribution < 1.29 is 0 Å². The highest BCUT2D eigenvalue weighted by Crippen LogP contribution is 2.23. The minimum absolute atomic E-state index is 0.689. The quantitative estimate of drug-likeness (QED) is 0.765. The van der Waals surface area contributed by atoms with Crippen molar-refractivity contribution in [3.8, 4) is 0 Å². The van der Waals surface area contributed by atoms with Crippen molar-refractivity contribution in [3.05, 3.63) is 29.3 Å². The van der Waals surface area contributed by atoms with Gasteiger partial charge in [0.15, 0.2) is 0 Å². The van der Waals surface area contributed by atoms with Gasteiger partial charge in [0, 0.05) is 15.7 Å². The van der Waals surface area contributed by atoms with E-state index < -0.39 is 0 Å². The van der Waals surface area contributed by atoms with E-state index in [1.807, 2.05) is 30.0 Å². The molecule has 1 N–H and O–H groups in total. The number of thioether (sulfide) groups is 1. The first-order chi connectivity index (χ1) is 7.22. The Bertz CT molecular complexity index is 291. The maximum absolute atomic E-state index is 5.92. The normalized spacial score (nSPS) is 12.7. The van der Waals surface area contributed by atoms with Gasteiger partial charge in [-0.05, 0) is 37.2 Å². The zero-order chi connectivity index (χ0) is 11.1. The van der Waals surface area contributed by atoms with E-state index >= 15 is 0 Å². The molecule has 1 aromatic rings. The number of benzene rings is 1. The SMILES string of the molecule is CCNCC(C)CSc1cccc(Cl)c1. The lowest BCUT2D eigenvalue weighted by molar-refractivity contribution is 0.574. The molecular weight excluding hydrogens is 226 g/mol. The Hall–Kier alpha value is -0.180. The second-order valence-electron chi connectivity index (χ2n) is 3.68. The van der Waals surface area contributed by atoms with Gasteiger partial charge in [-0.25, -0.2) is 0 Å². The Kier molecular flexibility index (Phi) is 6.15. The highest BCUT2D eigenvalue weighted by atomic mass is 35.5. The molecule has 1 atom stereocenters. The van der Waals surface area contributed by atoms with Crippen LogP contribution in [0.3, 0.4) is 0 Å². The molecule has 0 spiro atoms. The lowest BCUT2D eigenvalue weighted by atomic mass is 10.2. The number of nitrogens with one attached hydrogen (secondary N) is 1. The summed E-state index contributed by atoms with van der Waals surface area (Å²) >= 11 is 7.79. The third kappa shape index (κ3) is 5.45. The van der Waals surface area contributed by atoms with E-state index in [1.54, 1.807) is 0 Å². The molecule has 0 aliphatic rings. The molecule has 0 aliphatic heterocycles. The molecule has 1 aromatic carbocycles. The first-order valence-corrected chi connectivity index (χ1v) is 6.67. The van der Waals surface area contributed by atoms with E-state index in [-0.39, 0.29) is 0 Å². The summed E-state index contributed by atoms with van der Waals surface area (Å²) in [6.07, 6.45) is 0. The summed E-state index contributed by atoms with van der Waals surface area (Å²) in [6.45, 7) is 6.53. The van der Waals surface area contributed by atoms with Crippen LogP contribution in [0.25, 0.3) is 0 Å². The van der Waals surface area contributed by atoms with Crippen molar-refractivity contribution in [3.63, 3.8) is 0 Å². The summed E-state index contributed by atoms with van der Waals surface area (Å²) in [5, 5.41) is 4.18. The van der Waals surface area contributed by atoms with Crippen molar-refractivity contribution in [1.82, 2.24) is 5.32 Å². The summed E-state index contributed by atoms with van der Waals surface area (Å²) in [5.41, 5.74) is 0. The molecule has 0 amide bonds. The van der Waals surface area contributed by atoms with E-state index in [1.165, 1.54) is 4.90 Å². The van der Waals surface area contributed by atoms with Crippen LogP contribution >= 0.6 is 23.4 Å². The number of rotatable bonds is 6. The fraction of sp³-hybridized carbons (Fsp3) is 0.500. The molecule has 0 bridgehead atoms. The highest BCUT2D eigenvalue weighted by Gasteiger charge is 2.02. The standard InChI is InChI=1S/C12H18ClNS/c1-3-14-8-10(2)9-15-12-6-4-5-11(13)7-12/h4-7,10,14H,3,8-9H2,1-2H3. The van der Waals surface area contributed by atoms with Crippen LogP contribution in [-0.2, 0) is 0 Å². The minimum atomic E-state index is 0.689. The van der Waals surface area contributed by atoms with Crippen LogP contribution in [0.15, 0.2) is 29.2 Å². The van der Waals surface area contributed by atoms with Gasteiger partial charge >= 0.3 is 0 Å². The Morgan fingerprint density at radius 2 is 2.27 bits per heavy atom. The second kappa shape index (κ2) is 7.15. The predicted molar refractivity (Wildman–Crippen MR) is 69.9 cm³/mol. The molecule has 0 heterocycles. The number of halogens is 1. The van der Waals surface area contributed by atoms with Crippen molar-refractivity contribution >= 4 is 23.4 Å². The minimum Gasteiger partial charge on any atom is -0.317 e. The second-order valence-corrected chi connectivity index (χ2v) is 5.21. The van der Waals surface area contributed by atoms with Gasteiger partial charge < -0.3 is 5.32 Å². The van der Waals surface area contributed by atoms with E-state index in [2.05, 4.69) is 25.2 Å². The van der Waals surface area contributed by atoms with Gasteiger partial charge in [-0.1, -0.05) is 31.5 Å². The van der Waals surface area contributed by atoms with Crippen molar-refractivity contribution in [2.75, 3.05) is 18.8 Å². The van der Waals surface area contributed by atoms with E-state index in [0.717, 1.165) is 23.9 Å². The Morgan fingerprint density at radius 3 is 2.93 bits per heavy atom. The molecule has 0 saturated carbocycles. The van der Waals surface area contributed by atoms with Crippen molar-refractivity contribution in [2.24, 2.45) is 5.92 Å². The third-order valence-electron chi connectivity index (χ3n) is 2.07. The van der Waals surface area contributed by atoms with Gasteiger partial charge in [0.1, 0.15) is 0 Å². The maximum Gasteiger partial charge on any atom is 0.0417 e. The molecule has 3 heteroatoms. The Morgan fingerprint density at radius 1 is 1.47 bits per heavy atom. The molecular formula is C12H18ClNS. The maximum atomic E-state index is 5.92. The molecule has 0 radical (unpaired) electrons. The molecule has 0 aliphatic carbocycles. The van der Waals surface area contributed by atoms with Crippen LogP contribution in [0.2, 0.25) is 5.02 Å². The van der Waals surface area contributed by atoms with Crippen LogP contribution < -0.4 is 5.32 Å². The summed E-state index contributed by atoms with van der Waals surface area (Å²) in [7, 11) is 0. The van der Waals surface area contributed by atoms with E-state index in [4.69, 9.17) is 11.6 Å². The lowest BCUT2D eigenvalue weighted by Crippen LogP contribution is -2.21. The molecule has 0 aromatic heterocycles. The smallest absolute Gasteiger partial charge is 0.0417 e. The molecule has 15 heavy (non-hydrogen) atoms. The fourth-order valence-electron chi connectivity index (χ4n) is 1.24. The van der Waals surface area contributed by atoms with Gasteiger partial charge in [-0.15, -0.1) is 11.8 Å². The Labute approximate surface area is 102 Å². The monoisotopic (exact) mass is 243 g/mol. The summed E-state index contributed by atoms with van der Waals surface area (Å²) in [4.78, 5) is 1.26. The van der Waals surface area contributed by atoms with Gasteiger partial charge in [-0.3, -0.25) is 0 Å². The van der Waals surface area contributed by atoms with Crippen molar-refractivity contribution in [2.45, 2.75) is 18.7 Å². The Balaban J connectivity index is 2.30. The number of hydrogen-bond donors (Lipinski definition) is 1. The predicted octanol–water partition coefficient (Wildman–Crippen LogP) is 3.68. The summed E-state index contributed by atoms with van der Waals surface area (Å²) in [5.74, 6) is 1.82. The van der Waals surface area contributed by atoms with Crippen LogP contribution in [0.5, 0.6) is 0 Å². The third-order valence-corrected chi connectivity index (χ3v) is 3.63. The number of hydrogen-bond acceptors (Lipinski definition) is 2. The summed E-state index contributed by atoms with van der Waals surface area (Å²) < 4.78 is 0. The first-order valence-electron chi connectivity index (χ1n) is 5.31. The van der Waals surface area contributed by atoms with E-state index in [9.17, 15) is 0 Å². The highest BCUT2D eigenvalue weighted by molar-refractivity contribution is 7.99. The van der Waals surface area contributed by atoms with Crippen LogP contribution in [0.1, 0.15) is 13.8 Å². The van der Waals surface area contributed by atoms with Crippen LogP contribution in [0.4, 0.5) is 0 Å². The van der Waals surface area contributed by atoms with Crippen molar-refractivity contribution in [1.29, 1.82) is 0 Å². The molecule has 1 unspecified atom stereocenters. The van der Waals surface area contributed by atoms with Gasteiger partial charge in [0.05, 0.1) is 0 Å². The zero-order valence-electron chi connectivity index (χ0n) is 9.29. The fourth-order valence-corrected chi connectivity index (χ4v) is 2.48. The molecule has 0 fully saturated rings. The first kappa shape index (κ1) is 12.9. The molecule has 0 saturated heterocycles. The zero-order valence-corrected chi connectivity index (χ0v) is 10.9. The average Bonchev–Trinajstić information content (AvgIpc) is 2.23.